The summed E-state index contributed by atoms with van der Waals surface area (Å²) < 4.78 is 0. The number of thioether (sulfide) groups is 1. The van der Waals surface area contributed by atoms with Gasteiger partial charge in [0.2, 0.25) is 0 Å². The fraction of sp³-hybridized carbons (Fsp3) is 0.571. The second kappa shape index (κ2) is 9.39. The Balaban J connectivity index is 2.19. The number of rotatable bonds is 9. The maximum Gasteiger partial charge on any atom is 0.0558 e. The van der Waals surface area contributed by atoms with E-state index in [4.69, 9.17) is 10.8 Å². The maximum absolute atomic E-state index is 8.91. The van der Waals surface area contributed by atoms with Gasteiger partial charge < -0.3 is 15.7 Å². The quantitative estimate of drug-likeness (QED) is 0.671. The number of hydrogen-bond donors (Lipinski definition) is 2. The minimum atomic E-state index is 0.211. The predicted molar refractivity (Wildman–Crippen MR) is 79.0 cm³/mol. The van der Waals surface area contributed by atoms with Crippen molar-refractivity contribution in [1.29, 1.82) is 0 Å². The first kappa shape index (κ1) is 15.5. The summed E-state index contributed by atoms with van der Waals surface area (Å²) in [5.41, 5.74) is 6.11. The van der Waals surface area contributed by atoms with Gasteiger partial charge in [-0.2, -0.15) is 0 Å². The van der Waals surface area contributed by atoms with E-state index in [1.165, 1.54) is 4.90 Å². The molecule has 0 saturated heterocycles. The van der Waals surface area contributed by atoms with Gasteiger partial charge >= 0.3 is 0 Å². The van der Waals surface area contributed by atoms with Crippen LogP contribution < -0.4 is 5.73 Å². The minimum absolute atomic E-state index is 0.211. The Morgan fingerprint density at radius 3 is 2.61 bits per heavy atom. The number of benzene rings is 1. The summed E-state index contributed by atoms with van der Waals surface area (Å²) in [6.45, 7) is 5.02. The largest absolute Gasteiger partial charge is 0.395 e. The molecular formula is C14H24N2OS. The van der Waals surface area contributed by atoms with E-state index in [1.54, 1.807) is 0 Å². The molecule has 0 aliphatic carbocycles. The molecular weight excluding hydrogens is 244 g/mol. The predicted octanol–water partition coefficient (Wildman–Crippen LogP) is 1.81. The van der Waals surface area contributed by atoms with Crippen molar-refractivity contribution >= 4 is 11.8 Å². The lowest BCUT2D eigenvalue weighted by Gasteiger charge is -2.21. The van der Waals surface area contributed by atoms with Gasteiger partial charge in [0.05, 0.1) is 6.61 Å². The zero-order valence-electron chi connectivity index (χ0n) is 11.1. The fourth-order valence-electron chi connectivity index (χ4n) is 1.72. The molecule has 3 N–H and O–H groups in total. The van der Waals surface area contributed by atoms with Gasteiger partial charge in [0, 0.05) is 23.2 Å². The average molecular weight is 268 g/mol. The van der Waals surface area contributed by atoms with E-state index in [-0.39, 0.29) is 12.6 Å². The van der Waals surface area contributed by atoms with Crippen LogP contribution in [-0.4, -0.2) is 48.0 Å². The van der Waals surface area contributed by atoms with Crippen molar-refractivity contribution < 1.29 is 5.11 Å². The van der Waals surface area contributed by atoms with E-state index in [1.807, 2.05) is 30.0 Å². The molecule has 0 heterocycles. The van der Waals surface area contributed by atoms with Crippen LogP contribution in [0.15, 0.2) is 35.2 Å². The zero-order chi connectivity index (χ0) is 13.2. The number of hydrogen-bond acceptors (Lipinski definition) is 4. The first-order valence-corrected chi connectivity index (χ1v) is 7.51. The Hall–Kier alpha value is -0.550. The van der Waals surface area contributed by atoms with Crippen LogP contribution in [0.5, 0.6) is 0 Å². The topological polar surface area (TPSA) is 49.5 Å². The SMILES string of the molecule is CCN(CCO)CC[C@H](N)CSc1ccccc1. The highest BCUT2D eigenvalue weighted by Crippen LogP contribution is 2.18. The Bertz CT molecular complexity index is 308. The molecule has 0 amide bonds. The molecule has 18 heavy (non-hydrogen) atoms. The van der Waals surface area contributed by atoms with Crippen molar-refractivity contribution in [2.24, 2.45) is 5.73 Å². The molecule has 1 aromatic rings. The first-order chi connectivity index (χ1) is 8.76. The first-order valence-electron chi connectivity index (χ1n) is 6.53. The molecule has 3 nitrogen and oxygen atoms in total. The van der Waals surface area contributed by atoms with Crippen LogP contribution in [0.3, 0.4) is 0 Å². The normalized spacial score (nSPS) is 12.9. The van der Waals surface area contributed by atoms with Gasteiger partial charge in [-0.15, -0.1) is 11.8 Å². The lowest BCUT2D eigenvalue weighted by Crippen LogP contribution is -2.33. The van der Waals surface area contributed by atoms with E-state index in [0.29, 0.717) is 0 Å². The molecule has 0 spiro atoms. The van der Waals surface area contributed by atoms with Crippen molar-refractivity contribution in [3.8, 4) is 0 Å². The van der Waals surface area contributed by atoms with E-state index < -0.39 is 0 Å². The molecule has 1 aromatic carbocycles. The summed E-state index contributed by atoms with van der Waals surface area (Å²) in [4.78, 5) is 3.50. The number of aliphatic hydroxyl groups excluding tert-OH is 1. The Labute approximate surface area is 114 Å². The molecule has 0 bridgehead atoms. The summed E-state index contributed by atoms with van der Waals surface area (Å²) in [5.74, 6) is 0.945. The average Bonchev–Trinajstić information content (AvgIpc) is 2.42. The highest BCUT2D eigenvalue weighted by atomic mass is 32.2. The fourth-order valence-corrected chi connectivity index (χ4v) is 2.64. The van der Waals surface area contributed by atoms with Crippen LogP contribution in [0.1, 0.15) is 13.3 Å². The van der Waals surface area contributed by atoms with Crippen molar-refractivity contribution in [2.75, 3.05) is 32.0 Å². The van der Waals surface area contributed by atoms with Crippen LogP contribution in [0, 0.1) is 0 Å². The van der Waals surface area contributed by atoms with Crippen molar-refractivity contribution in [2.45, 2.75) is 24.3 Å². The lowest BCUT2D eigenvalue weighted by atomic mass is 10.2. The number of likely N-dealkylation sites (N-methyl/N-ethyl adjacent to an activating group) is 1. The van der Waals surface area contributed by atoms with Gasteiger partial charge in [0.15, 0.2) is 0 Å². The van der Waals surface area contributed by atoms with Crippen molar-refractivity contribution in [1.82, 2.24) is 4.90 Å². The molecule has 0 aromatic heterocycles. The molecule has 0 fully saturated rings. The van der Waals surface area contributed by atoms with Crippen LogP contribution in [0.25, 0.3) is 0 Å². The van der Waals surface area contributed by atoms with E-state index in [9.17, 15) is 0 Å². The van der Waals surface area contributed by atoms with Gasteiger partial charge in [0.25, 0.3) is 0 Å². The highest BCUT2D eigenvalue weighted by molar-refractivity contribution is 7.99. The molecule has 4 heteroatoms. The van der Waals surface area contributed by atoms with Gasteiger partial charge in [-0.25, -0.2) is 0 Å². The molecule has 102 valence electrons. The molecule has 0 unspecified atom stereocenters. The van der Waals surface area contributed by atoms with E-state index in [2.05, 4.69) is 24.0 Å². The Morgan fingerprint density at radius 1 is 1.28 bits per heavy atom. The zero-order valence-corrected chi connectivity index (χ0v) is 11.9. The molecule has 0 saturated carbocycles. The summed E-state index contributed by atoms with van der Waals surface area (Å²) in [6.07, 6.45) is 0.980. The number of nitrogens with two attached hydrogens (primary N) is 1. The highest BCUT2D eigenvalue weighted by Gasteiger charge is 2.07. The third-order valence-electron chi connectivity index (χ3n) is 2.89. The lowest BCUT2D eigenvalue weighted by molar-refractivity contribution is 0.198. The molecule has 0 aliphatic rings. The van der Waals surface area contributed by atoms with Crippen LogP contribution >= 0.6 is 11.8 Å². The second-order valence-corrected chi connectivity index (χ2v) is 5.42. The van der Waals surface area contributed by atoms with Crippen LogP contribution in [-0.2, 0) is 0 Å². The van der Waals surface area contributed by atoms with Crippen LogP contribution in [0.2, 0.25) is 0 Å². The standard InChI is InChI=1S/C14H24N2OS/c1-2-16(10-11-17)9-8-13(15)12-18-14-6-4-3-5-7-14/h3-7,13,17H,2,8-12,15H2,1H3/t13-/m0/s1. The van der Waals surface area contributed by atoms with Gasteiger partial charge in [-0.05, 0) is 31.6 Å². The molecule has 0 aliphatic heterocycles. The Morgan fingerprint density at radius 2 is 2.00 bits per heavy atom. The summed E-state index contributed by atoms with van der Waals surface area (Å²) in [5, 5.41) is 8.91. The second-order valence-electron chi connectivity index (χ2n) is 4.33. The van der Waals surface area contributed by atoms with Crippen LogP contribution in [0.4, 0.5) is 0 Å². The van der Waals surface area contributed by atoms with E-state index >= 15 is 0 Å². The smallest absolute Gasteiger partial charge is 0.0558 e. The van der Waals surface area contributed by atoms with Gasteiger partial charge in [-0.3, -0.25) is 0 Å². The third-order valence-corrected chi connectivity index (χ3v) is 4.09. The molecule has 0 radical (unpaired) electrons. The minimum Gasteiger partial charge on any atom is -0.395 e. The van der Waals surface area contributed by atoms with Crippen molar-refractivity contribution in [3.05, 3.63) is 30.3 Å². The van der Waals surface area contributed by atoms with E-state index in [0.717, 1.165) is 31.8 Å². The summed E-state index contributed by atoms with van der Waals surface area (Å²) in [7, 11) is 0. The molecule has 1 atom stereocenters. The monoisotopic (exact) mass is 268 g/mol. The number of aliphatic hydroxyl groups is 1. The summed E-state index contributed by atoms with van der Waals surface area (Å²) in [6, 6.07) is 10.6. The van der Waals surface area contributed by atoms with Gasteiger partial charge in [-0.1, -0.05) is 25.1 Å². The number of nitrogens with zero attached hydrogens (tertiary/aromatic N) is 1. The third kappa shape index (κ3) is 6.40. The Kier molecular flexibility index (Phi) is 8.09. The van der Waals surface area contributed by atoms with Gasteiger partial charge in [0.1, 0.15) is 0 Å². The maximum atomic E-state index is 8.91. The van der Waals surface area contributed by atoms with Crippen molar-refractivity contribution in [3.63, 3.8) is 0 Å². The summed E-state index contributed by atoms with van der Waals surface area (Å²) >= 11 is 1.81. The molecule has 1 rings (SSSR count).